The van der Waals surface area contributed by atoms with E-state index in [1.54, 1.807) is 0 Å². The summed E-state index contributed by atoms with van der Waals surface area (Å²) < 4.78 is 0. The van der Waals surface area contributed by atoms with Crippen LogP contribution < -0.4 is 5.32 Å². The van der Waals surface area contributed by atoms with Crippen molar-refractivity contribution in [3.8, 4) is 0 Å². The van der Waals surface area contributed by atoms with Crippen molar-refractivity contribution < 1.29 is 0 Å². The van der Waals surface area contributed by atoms with E-state index >= 15 is 0 Å². The van der Waals surface area contributed by atoms with Gasteiger partial charge in [0.2, 0.25) is 0 Å². The van der Waals surface area contributed by atoms with Crippen LogP contribution in [0, 0.1) is 16.7 Å². The summed E-state index contributed by atoms with van der Waals surface area (Å²) in [6.45, 7) is 12.8. The zero-order valence-corrected chi connectivity index (χ0v) is 12.3. The monoisotopic (exact) mass is 246 g/mol. The van der Waals surface area contributed by atoms with Crippen LogP contribution in [0.5, 0.6) is 0 Å². The zero-order valence-electron chi connectivity index (χ0n) is 12.3. The van der Waals surface area contributed by atoms with Gasteiger partial charge in [-0.25, -0.2) is 0 Å². The number of hydrogen-bond donors (Lipinski definition) is 1. The van der Waals surface area contributed by atoms with Crippen LogP contribution in [0.1, 0.15) is 40.2 Å². The maximum absolute atomic E-state index is 4.22. The van der Waals surface area contributed by atoms with Crippen LogP contribution in [0.4, 0.5) is 0 Å². The number of likely N-dealkylation sites (N-methyl/N-ethyl adjacent to an activating group) is 1. The van der Waals surface area contributed by atoms with Crippen molar-refractivity contribution in [2.75, 3.05) is 6.54 Å². The Morgan fingerprint density at radius 3 is 2.39 bits per heavy atom. The Hall–Kier alpha value is -0.890. The third-order valence-electron chi connectivity index (χ3n) is 5.18. The predicted molar refractivity (Wildman–Crippen MR) is 76.5 cm³/mol. The molecule has 1 saturated carbocycles. The molecule has 0 bridgehead atoms. The van der Waals surface area contributed by atoms with Gasteiger partial charge in [0.05, 0.1) is 0 Å². The highest BCUT2D eigenvalue weighted by Crippen LogP contribution is 2.69. The molecule has 0 amide bonds. The highest BCUT2D eigenvalue weighted by atomic mass is 15.0. The lowest BCUT2D eigenvalue weighted by Crippen LogP contribution is -2.35. The molecule has 1 atom stereocenters. The quantitative estimate of drug-likeness (QED) is 0.862. The lowest BCUT2D eigenvalue weighted by Gasteiger charge is -2.20. The number of hydrogen-bond acceptors (Lipinski definition) is 2. The molecule has 0 saturated heterocycles. The third kappa shape index (κ3) is 2.18. The number of aromatic nitrogens is 1. The van der Waals surface area contributed by atoms with Crippen molar-refractivity contribution >= 4 is 0 Å². The van der Waals surface area contributed by atoms with E-state index in [1.165, 1.54) is 5.56 Å². The highest BCUT2D eigenvalue weighted by molar-refractivity contribution is 5.20. The molecule has 1 aromatic heterocycles. The van der Waals surface area contributed by atoms with Gasteiger partial charge in [0, 0.05) is 18.4 Å². The maximum atomic E-state index is 4.22. The second-order valence-corrected chi connectivity index (χ2v) is 6.65. The largest absolute Gasteiger partial charge is 0.314 e. The molecule has 1 aliphatic carbocycles. The molecule has 2 heteroatoms. The fraction of sp³-hybridized carbons (Fsp3) is 0.688. The molecular weight excluding hydrogens is 220 g/mol. The second-order valence-electron chi connectivity index (χ2n) is 6.65. The molecular formula is C16H26N2. The number of pyridine rings is 1. The summed E-state index contributed by atoms with van der Waals surface area (Å²) >= 11 is 0. The molecule has 100 valence electrons. The Balaban J connectivity index is 2.11. The van der Waals surface area contributed by atoms with Gasteiger partial charge < -0.3 is 5.32 Å². The van der Waals surface area contributed by atoms with E-state index in [2.05, 4.69) is 51.0 Å². The SMILES string of the molecule is CCNC(Cc1cccnc1)C1C(C)(C)C1(C)C. The number of nitrogens with one attached hydrogen (secondary N) is 1. The van der Waals surface area contributed by atoms with Gasteiger partial charge in [-0.1, -0.05) is 40.7 Å². The summed E-state index contributed by atoms with van der Waals surface area (Å²) in [5.74, 6) is 0.741. The molecule has 0 radical (unpaired) electrons. The normalized spacial score (nSPS) is 22.7. The Kier molecular flexibility index (Phi) is 3.50. The maximum Gasteiger partial charge on any atom is 0.0300 e. The molecule has 0 spiro atoms. The predicted octanol–water partition coefficient (Wildman–Crippen LogP) is 3.28. The standard InChI is InChI=1S/C16H26N2/c1-6-18-13(10-12-8-7-9-17-11-12)14-15(2,3)16(14,4)5/h7-9,11,13-14,18H,6,10H2,1-5H3. The fourth-order valence-corrected chi connectivity index (χ4v) is 3.60. The van der Waals surface area contributed by atoms with Crippen LogP contribution >= 0.6 is 0 Å². The minimum Gasteiger partial charge on any atom is -0.314 e. The number of rotatable bonds is 5. The van der Waals surface area contributed by atoms with Gasteiger partial charge in [0.25, 0.3) is 0 Å². The molecule has 1 heterocycles. The van der Waals surface area contributed by atoms with Crippen molar-refractivity contribution in [2.45, 2.75) is 47.1 Å². The van der Waals surface area contributed by atoms with Crippen LogP contribution in [0.15, 0.2) is 24.5 Å². The second kappa shape index (κ2) is 4.65. The van der Waals surface area contributed by atoms with E-state index in [9.17, 15) is 0 Å². The van der Waals surface area contributed by atoms with E-state index in [4.69, 9.17) is 0 Å². The molecule has 1 fully saturated rings. The molecule has 1 aromatic rings. The summed E-state index contributed by atoms with van der Waals surface area (Å²) in [4.78, 5) is 4.22. The van der Waals surface area contributed by atoms with Crippen molar-refractivity contribution in [3.05, 3.63) is 30.1 Å². The topological polar surface area (TPSA) is 24.9 Å². The molecule has 2 nitrogen and oxygen atoms in total. The van der Waals surface area contributed by atoms with Crippen molar-refractivity contribution in [1.29, 1.82) is 0 Å². The van der Waals surface area contributed by atoms with Crippen LogP contribution in [0.3, 0.4) is 0 Å². The van der Waals surface area contributed by atoms with Gasteiger partial charge in [-0.3, -0.25) is 4.98 Å². The first-order valence-corrected chi connectivity index (χ1v) is 7.03. The first-order chi connectivity index (χ1) is 8.41. The Morgan fingerprint density at radius 2 is 1.94 bits per heavy atom. The molecule has 0 aromatic carbocycles. The summed E-state index contributed by atoms with van der Waals surface area (Å²) in [5, 5.41) is 3.68. The van der Waals surface area contributed by atoms with Gasteiger partial charge in [0.15, 0.2) is 0 Å². The minimum atomic E-state index is 0.433. The molecule has 0 aliphatic heterocycles. The van der Waals surface area contributed by atoms with Crippen LogP contribution in [-0.2, 0) is 6.42 Å². The van der Waals surface area contributed by atoms with E-state index in [1.807, 2.05) is 18.5 Å². The first-order valence-electron chi connectivity index (χ1n) is 7.03. The van der Waals surface area contributed by atoms with E-state index < -0.39 is 0 Å². The summed E-state index contributed by atoms with van der Waals surface area (Å²) in [6.07, 6.45) is 4.92. The smallest absolute Gasteiger partial charge is 0.0300 e. The van der Waals surface area contributed by atoms with Crippen LogP contribution in [0.2, 0.25) is 0 Å². The molecule has 1 aliphatic rings. The Labute approximate surface area is 111 Å². The van der Waals surface area contributed by atoms with Crippen molar-refractivity contribution in [1.82, 2.24) is 10.3 Å². The minimum absolute atomic E-state index is 0.433. The van der Waals surface area contributed by atoms with E-state index in [0.29, 0.717) is 16.9 Å². The molecule has 2 rings (SSSR count). The van der Waals surface area contributed by atoms with Gasteiger partial charge in [-0.2, -0.15) is 0 Å². The third-order valence-corrected chi connectivity index (χ3v) is 5.18. The average molecular weight is 246 g/mol. The lowest BCUT2D eigenvalue weighted by atomic mass is 9.97. The average Bonchev–Trinajstić information content (AvgIpc) is 2.70. The highest BCUT2D eigenvalue weighted by Gasteiger charge is 2.66. The van der Waals surface area contributed by atoms with Gasteiger partial charge in [-0.15, -0.1) is 0 Å². The van der Waals surface area contributed by atoms with Gasteiger partial charge in [0.1, 0.15) is 0 Å². The van der Waals surface area contributed by atoms with E-state index in [-0.39, 0.29) is 0 Å². The first kappa shape index (κ1) is 13.5. The Bertz CT molecular complexity index is 381. The number of nitrogens with zero attached hydrogens (tertiary/aromatic N) is 1. The van der Waals surface area contributed by atoms with Crippen LogP contribution in [0.25, 0.3) is 0 Å². The Morgan fingerprint density at radius 1 is 1.28 bits per heavy atom. The van der Waals surface area contributed by atoms with Crippen molar-refractivity contribution in [2.24, 2.45) is 16.7 Å². The molecule has 18 heavy (non-hydrogen) atoms. The summed E-state index contributed by atoms with van der Waals surface area (Å²) in [7, 11) is 0. The van der Waals surface area contributed by atoms with Gasteiger partial charge in [-0.05, 0) is 41.3 Å². The summed E-state index contributed by atoms with van der Waals surface area (Å²) in [6, 6.07) is 4.77. The lowest BCUT2D eigenvalue weighted by molar-refractivity contribution is 0.403. The summed E-state index contributed by atoms with van der Waals surface area (Å²) in [5.41, 5.74) is 2.20. The fourth-order valence-electron chi connectivity index (χ4n) is 3.60. The van der Waals surface area contributed by atoms with Crippen molar-refractivity contribution in [3.63, 3.8) is 0 Å². The molecule has 1 unspecified atom stereocenters. The van der Waals surface area contributed by atoms with Crippen LogP contribution in [-0.4, -0.2) is 17.6 Å². The zero-order chi connectivity index (χ0) is 13.4. The molecule has 1 N–H and O–H groups in total. The van der Waals surface area contributed by atoms with E-state index in [0.717, 1.165) is 18.9 Å². The van der Waals surface area contributed by atoms with Gasteiger partial charge >= 0.3 is 0 Å².